The minimum atomic E-state index is 0.730. The Morgan fingerprint density at radius 3 is 2.16 bits per heavy atom. The van der Waals surface area contributed by atoms with Crippen molar-refractivity contribution in [2.45, 2.75) is 13.8 Å². The van der Waals surface area contributed by atoms with E-state index in [1.807, 2.05) is 50.2 Å². The number of methoxy groups -OCH3 is 1. The molecule has 2 aromatic rings. The fourth-order valence-corrected chi connectivity index (χ4v) is 2.11. The van der Waals surface area contributed by atoms with Crippen LogP contribution in [0.2, 0.25) is 0 Å². The van der Waals surface area contributed by atoms with E-state index in [9.17, 15) is 0 Å². The molecule has 0 spiro atoms. The molecule has 0 atom stereocenters. The van der Waals surface area contributed by atoms with Crippen LogP contribution >= 0.6 is 0 Å². The van der Waals surface area contributed by atoms with Crippen molar-refractivity contribution in [2.75, 3.05) is 12.8 Å². The lowest BCUT2D eigenvalue weighted by atomic mass is 10.1. The summed E-state index contributed by atoms with van der Waals surface area (Å²) >= 11 is 0. The fraction of sp³-hybridized carbons (Fsp3) is 0.176. The highest BCUT2D eigenvalue weighted by atomic mass is 16.5. The van der Waals surface area contributed by atoms with Gasteiger partial charge in [0.25, 0.3) is 0 Å². The lowest BCUT2D eigenvalue weighted by Crippen LogP contribution is -1.92. The van der Waals surface area contributed by atoms with E-state index in [0.29, 0.717) is 0 Å². The monoisotopic (exact) mass is 251 g/mol. The van der Waals surface area contributed by atoms with Crippen molar-refractivity contribution >= 4 is 5.69 Å². The first-order chi connectivity index (χ1) is 9.10. The van der Waals surface area contributed by atoms with Gasteiger partial charge in [-0.1, -0.05) is 17.9 Å². The van der Waals surface area contributed by atoms with E-state index >= 15 is 0 Å². The third-order valence-electron chi connectivity index (χ3n) is 2.90. The summed E-state index contributed by atoms with van der Waals surface area (Å²) in [6, 6.07) is 11.6. The molecule has 19 heavy (non-hydrogen) atoms. The molecule has 0 fully saturated rings. The second-order valence-electron chi connectivity index (χ2n) is 4.52. The van der Waals surface area contributed by atoms with Crippen LogP contribution in [0.4, 0.5) is 5.69 Å². The van der Waals surface area contributed by atoms with Crippen LogP contribution < -0.4 is 10.5 Å². The number of hydrogen-bond donors (Lipinski definition) is 1. The van der Waals surface area contributed by atoms with Gasteiger partial charge in [0.2, 0.25) is 0 Å². The molecule has 2 heteroatoms. The van der Waals surface area contributed by atoms with Gasteiger partial charge in [-0.05, 0) is 55.3 Å². The molecule has 0 bridgehead atoms. The number of nitrogen functional groups attached to an aromatic ring is 1. The van der Waals surface area contributed by atoms with Gasteiger partial charge in [0.05, 0.1) is 7.11 Å². The van der Waals surface area contributed by atoms with Gasteiger partial charge in [0.1, 0.15) is 5.75 Å². The molecule has 0 saturated heterocycles. The summed E-state index contributed by atoms with van der Waals surface area (Å²) in [7, 11) is 1.69. The molecule has 0 amide bonds. The first-order valence-electron chi connectivity index (χ1n) is 6.13. The maximum Gasteiger partial charge on any atom is 0.124 e. The Hall–Kier alpha value is -2.40. The molecule has 0 saturated carbocycles. The highest BCUT2D eigenvalue weighted by Gasteiger charge is 2.03. The van der Waals surface area contributed by atoms with Crippen LogP contribution in [-0.2, 0) is 0 Å². The second-order valence-corrected chi connectivity index (χ2v) is 4.52. The first kappa shape index (κ1) is 13.0. The third kappa shape index (κ3) is 3.08. The number of benzene rings is 2. The van der Waals surface area contributed by atoms with E-state index in [-0.39, 0.29) is 0 Å². The maximum absolute atomic E-state index is 5.73. The summed E-state index contributed by atoms with van der Waals surface area (Å²) in [6.45, 7) is 4.05. The maximum atomic E-state index is 5.73. The molecule has 0 unspecified atom stereocenters. The normalized spacial score (nSPS) is 9.63. The molecule has 2 rings (SSSR count). The first-order valence-corrected chi connectivity index (χ1v) is 6.13. The van der Waals surface area contributed by atoms with Gasteiger partial charge < -0.3 is 10.5 Å². The predicted octanol–water partition coefficient (Wildman–Crippen LogP) is 3.29. The number of ether oxygens (including phenoxy) is 1. The van der Waals surface area contributed by atoms with E-state index in [2.05, 4.69) is 11.8 Å². The highest BCUT2D eigenvalue weighted by Crippen LogP contribution is 2.23. The summed E-state index contributed by atoms with van der Waals surface area (Å²) in [5, 5.41) is 0. The molecule has 0 heterocycles. The van der Waals surface area contributed by atoms with Crippen molar-refractivity contribution in [1.82, 2.24) is 0 Å². The Morgan fingerprint density at radius 1 is 0.947 bits per heavy atom. The number of hydrogen-bond acceptors (Lipinski definition) is 2. The summed E-state index contributed by atoms with van der Waals surface area (Å²) in [5.74, 6) is 7.21. The molecule has 96 valence electrons. The third-order valence-corrected chi connectivity index (χ3v) is 2.90. The zero-order chi connectivity index (χ0) is 13.8. The van der Waals surface area contributed by atoms with Crippen LogP contribution in [-0.4, -0.2) is 7.11 Å². The van der Waals surface area contributed by atoms with Crippen LogP contribution in [0.1, 0.15) is 22.3 Å². The van der Waals surface area contributed by atoms with E-state index < -0.39 is 0 Å². The predicted molar refractivity (Wildman–Crippen MR) is 79.3 cm³/mol. The zero-order valence-corrected chi connectivity index (χ0v) is 11.4. The van der Waals surface area contributed by atoms with Crippen LogP contribution in [0, 0.1) is 25.7 Å². The van der Waals surface area contributed by atoms with E-state index in [0.717, 1.165) is 33.7 Å². The van der Waals surface area contributed by atoms with Crippen molar-refractivity contribution in [3.8, 4) is 17.6 Å². The van der Waals surface area contributed by atoms with Gasteiger partial charge in [-0.25, -0.2) is 0 Å². The van der Waals surface area contributed by atoms with Gasteiger partial charge >= 0.3 is 0 Å². The van der Waals surface area contributed by atoms with Crippen LogP contribution in [0.5, 0.6) is 5.75 Å². The fourth-order valence-electron chi connectivity index (χ4n) is 2.11. The summed E-state index contributed by atoms with van der Waals surface area (Å²) in [6.07, 6.45) is 0. The minimum Gasteiger partial charge on any atom is -0.496 e. The Morgan fingerprint density at radius 2 is 1.58 bits per heavy atom. The van der Waals surface area contributed by atoms with Gasteiger partial charge in [-0.3, -0.25) is 0 Å². The standard InChI is InChI=1S/C17H17NO/c1-12-9-15(10-13(2)17(12)19-3)8-7-14-5-4-6-16(18)11-14/h4-6,9-11H,18H2,1-3H3. The Balaban J connectivity index is 2.35. The summed E-state index contributed by atoms with van der Waals surface area (Å²) in [5.41, 5.74) is 10.6. The lowest BCUT2D eigenvalue weighted by Gasteiger charge is -2.08. The van der Waals surface area contributed by atoms with Crippen molar-refractivity contribution < 1.29 is 4.74 Å². The summed E-state index contributed by atoms with van der Waals surface area (Å²) < 4.78 is 5.34. The van der Waals surface area contributed by atoms with Crippen LogP contribution in [0.15, 0.2) is 36.4 Å². The average molecular weight is 251 g/mol. The molecule has 2 aromatic carbocycles. The smallest absolute Gasteiger partial charge is 0.124 e. The molecule has 0 radical (unpaired) electrons. The second kappa shape index (κ2) is 5.49. The number of aryl methyl sites for hydroxylation is 2. The van der Waals surface area contributed by atoms with Crippen molar-refractivity contribution in [1.29, 1.82) is 0 Å². The molecule has 0 aliphatic carbocycles. The molecule has 0 aliphatic rings. The number of anilines is 1. The average Bonchev–Trinajstić information content (AvgIpc) is 2.36. The summed E-state index contributed by atoms with van der Waals surface area (Å²) in [4.78, 5) is 0. The number of nitrogens with two attached hydrogens (primary N) is 1. The van der Waals surface area contributed by atoms with E-state index in [4.69, 9.17) is 10.5 Å². The lowest BCUT2D eigenvalue weighted by molar-refractivity contribution is 0.408. The van der Waals surface area contributed by atoms with Gasteiger partial charge in [0, 0.05) is 16.8 Å². The quantitative estimate of drug-likeness (QED) is 0.623. The molecule has 0 aromatic heterocycles. The van der Waals surface area contributed by atoms with Crippen molar-refractivity contribution in [3.05, 3.63) is 58.7 Å². The van der Waals surface area contributed by atoms with Crippen molar-refractivity contribution in [3.63, 3.8) is 0 Å². The van der Waals surface area contributed by atoms with Crippen LogP contribution in [0.3, 0.4) is 0 Å². The Kier molecular flexibility index (Phi) is 3.77. The molecular formula is C17H17NO. The van der Waals surface area contributed by atoms with Gasteiger partial charge in [-0.15, -0.1) is 0 Å². The molecule has 2 nitrogen and oxygen atoms in total. The zero-order valence-electron chi connectivity index (χ0n) is 11.4. The van der Waals surface area contributed by atoms with Gasteiger partial charge in [-0.2, -0.15) is 0 Å². The topological polar surface area (TPSA) is 35.2 Å². The highest BCUT2D eigenvalue weighted by molar-refractivity contribution is 5.52. The van der Waals surface area contributed by atoms with E-state index in [1.165, 1.54) is 0 Å². The Labute approximate surface area is 114 Å². The van der Waals surface area contributed by atoms with Gasteiger partial charge in [0.15, 0.2) is 0 Å². The van der Waals surface area contributed by atoms with Crippen LogP contribution in [0.25, 0.3) is 0 Å². The number of rotatable bonds is 1. The van der Waals surface area contributed by atoms with E-state index in [1.54, 1.807) is 7.11 Å². The molecule has 0 aliphatic heterocycles. The Bertz CT molecular complexity index is 639. The molecule has 2 N–H and O–H groups in total. The SMILES string of the molecule is COc1c(C)cc(C#Cc2cccc(N)c2)cc1C. The largest absolute Gasteiger partial charge is 0.496 e. The molecular weight excluding hydrogens is 234 g/mol. The van der Waals surface area contributed by atoms with Crippen molar-refractivity contribution in [2.24, 2.45) is 0 Å². The minimum absolute atomic E-state index is 0.730.